The van der Waals surface area contributed by atoms with Crippen molar-refractivity contribution in [3.63, 3.8) is 0 Å². The molecule has 0 aliphatic carbocycles. The SMILES string of the molecule is CCCCC/C=C/C\C=C/C=C/C=C/[C@@H](S[13CH2][13C@H]([15NH2])[13C](=O)O)[C@@H](O)CCCCC(=O)OC. The smallest absolute Gasteiger partial charge is 0.321 e. The second-order valence-electron chi connectivity index (χ2n) is 7.53. The molecule has 3 atom stereocenters. The number of esters is 1. The van der Waals surface area contributed by atoms with Gasteiger partial charge in [0.1, 0.15) is 6.04 Å². The van der Waals surface area contributed by atoms with Crippen LogP contribution in [-0.4, -0.2) is 52.4 Å². The van der Waals surface area contributed by atoms with Crippen LogP contribution in [0, 0.1) is 0 Å². The number of unbranched alkanes of at least 4 members (excludes halogenated alkanes) is 4. The van der Waals surface area contributed by atoms with Crippen molar-refractivity contribution in [3.05, 3.63) is 48.6 Å². The molecule has 0 fully saturated rings. The number of aliphatic hydroxyl groups excluding tert-OH is 1. The highest BCUT2D eigenvalue weighted by Crippen LogP contribution is 2.21. The maximum atomic E-state index is 11.2. The number of allylic oxidation sites excluding steroid dienone is 7. The molecule has 7 heteroatoms. The van der Waals surface area contributed by atoms with E-state index in [1.54, 1.807) is 0 Å². The van der Waals surface area contributed by atoms with Gasteiger partial charge >= 0.3 is 11.9 Å². The normalized spacial score (nSPS) is 15.1. The number of aliphatic hydroxyl groups is 1. The highest BCUT2D eigenvalue weighted by Gasteiger charge is 2.20. The van der Waals surface area contributed by atoms with Crippen molar-refractivity contribution in [1.82, 2.24) is 0 Å². The molecule has 0 bridgehead atoms. The molecule has 0 aliphatic rings. The average Bonchev–Trinajstić information content (AvgIpc) is 2.78. The maximum Gasteiger partial charge on any atom is 0.321 e. The quantitative estimate of drug-likeness (QED) is 0.0620. The first-order valence-electron chi connectivity index (χ1n) is 11.4. The van der Waals surface area contributed by atoms with Gasteiger partial charge in [0, 0.05) is 17.4 Å². The first-order chi connectivity index (χ1) is 15.4. The van der Waals surface area contributed by atoms with Gasteiger partial charge in [-0.25, -0.2) is 0 Å². The summed E-state index contributed by atoms with van der Waals surface area (Å²) in [7, 11) is 1.36. The minimum Gasteiger partial charge on any atom is -0.480 e. The van der Waals surface area contributed by atoms with Crippen LogP contribution in [0.4, 0.5) is 0 Å². The van der Waals surface area contributed by atoms with Crippen molar-refractivity contribution >= 4 is 23.7 Å². The van der Waals surface area contributed by atoms with Crippen molar-refractivity contribution in [2.75, 3.05) is 12.9 Å². The molecular weight excluding hydrogens is 430 g/mol. The number of carboxylic acid groups (broad SMARTS) is 1. The Kier molecular flexibility index (Phi) is 19.8. The zero-order valence-electron chi connectivity index (χ0n) is 19.5. The van der Waals surface area contributed by atoms with Gasteiger partial charge in [-0.1, -0.05) is 74.8 Å². The van der Waals surface area contributed by atoms with Gasteiger partial charge in [0.15, 0.2) is 0 Å². The minimum absolute atomic E-state index is 0.206. The molecule has 4 N–H and O–H groups in total. The topological polar surface area (TPSA) is 110 Å². The zero-order valence-corrected chi connectivity index (χ0v) is 20.3. The van der Waals surface area contributed by atoms with Gasteiger partial charge in [-0.15, -0.1) is 11.8 Å². The summed E-state index contributed by atoms with van der Waals surface area (Å²) < 4.78 is 4.62. The summed E-state index contributed by atoms with van der Waals surface area (Å²) >= 11 is 1.32. The van der Waals surface area contributed by atoms with Gasteiger partial charge in [-0.05, 0) is 32.1 Å². The number of methoxy groups -OCH3 is 1. The van der Waals surface area contributed by atoms with Crippen LogP contribution in [0.3, 0.4) is 0 Å². The molecule has 0 aromatic heterocycles. The molecule has 32 heavy (non-hydrogen) atoms. The monoisotopic (exact) mass is 471 g/mol. The highest BCUT2D eigenvalue weighted by molar-refractivity contribution is 8.00. The zero-order chi connectivity index (χ0) is 24.0. The minimum atomic E-state index is -1.06. The summed E-state index contributed by atoms with van der Waals surface area (Å²) in [6.07, 6.45) is 23.3. The molecule has 0 radical (unpaired) electrons. The van der Waals surface area contributed by atoms with Gasteiger partial charge in [0.05, 0.1) is 13.2 Å². The van der Waals surface area contributed by atoms with Crippen LogP contribution in [-0.2, 0) is 14.3 Å². The van der Waals surface area contributed by atoms with E-state index in [4.69, 9.17) is 10.8 Å². The van der Waals surface area contributed by atoms with E-state index in [1.807, 2.05) is 30.4 Å². The molecule has 0 aromatic rings. The van der Waals surface area contributed by atoms with Crippen LogP contribution < -0.4 is 5.73 Å². The van der Waals surface area contributed by atoms with E-state index in [1.165, 1.54) is 38.1 Å². The van der Waals surface area contributed by atoms with E-state index >= 15 is 0 Å². The van der Waals surface area contributed by atoms with E-state index in [-0.39, 0.29) is 17.0 Å². The van der Waals surface area contributed by atoms with Crippen molar-refractivity contribution in [3.8, 4) is 0 Å². The third-order valence-corrected chi connectivity index (χ3v) is 6.11. The van der Waals surface area contributed by atoms with Crippen LogP contribution in [0.1, 0.15) is 64.7 Å². The molecule has 0 aromatic carbocycles. The molecule has 0 spiro atoms. The Hall–Kier alpha value is -1.83. The number of nitrogens with two attached hydrogens (primary N) is 1. The highest BCUT2D eigenvalue weighted by atomic mass is 32.2. The number of aliphatic carboxylic acids is 1. The third-order valence-electron chi connectivity index (χ3n) is 4.71. The lowest BCUT2D eigenvalue weighted by molar-refractivity contribution is -0.141. The fourth-order valence-electron chi connectivity index (χ4n) is 2.73. The summed E-state index contributed by atoms with van der Waals surface area (Å²) in [5, 5.41) is 19.2. The Labute approximate surface area is 197 Å². The fourth-order valence-corrected chi connectivity index (χ4v) is 3.87. The van der Waals surface area contributed by atoms with Gasteiger partial charge in [0.2, 0.25) is 0 Å². The summed E-state index contributed by atoms with van der Waals surface area (Å²) in [6, 6.07) is -0.976. The molecular formula is C25H41NO5S. The molecule has 0 rings (SSSR count). The summed E-state index contributed by atoms with van der Waals surface area (Å²) in [5.41, 5.74) is 5.60. The van der Waals surface area contributed by atoms with E-state index < -0.39 is 18.1 Å². The number of hydrogen-bond acceptors (Lipinski definition) is 6. The molecule has 0 heterocycles. The maximum absolute atomic E-state index is 11.2. The van der Waals surface area contributed by atoms with Crippen LogP contribution in [0.5, 0.6) is 0 Å². The largest absolute Gasteiger partial charge is 0.480 e. The van der Waals surface area contributed by atoms with Gasteiger partial charge in [0.25, 0.3) is 0 Å². The van der Waals surface area contributed by atoms with E-state index in [0.717, 1.165) is 12.8 Å². The molecule has 0 saturated heterocycles. The lowest BCUT2D eigenvalue weighted by Gasteiger charge is -2.20. The molecule has 0 saturated carbocycles. The van der Waals surface area contributed by atoms with Crippen molar-refractivity contribution in [2.45, 2.75) is 82.1 Å². The van der Waals surface area contributed by atoms with Crippen molar-refractivity contribution in [1.29, 1.82) is 0 Å². The van der Waals surface area contributed by atoms with Gasteiger partial charge in [-0.2, -0.15) is 0 Å². The first-order valence-corrected chi connectivity index (χ1v) is 12.5. The van der Waals surface area contributed by atoms with E-state index in [9.17, 15) is 14.7 Å². The Morgan fingerprint density at radius 1 is 1.03 bits per heavy atom. The fraction of sp³-hybridized carbons (Fsp3) is 0.600. The summed E-state index contributed by atoms with van der Waals surface area (Å²) in [6.45, 7) is 2.20. The number of thioether (sulfide) groups is 1. The third kappa shape index (κ3) is 17.8. The molecule has 0 aliphatic heterocycles. The number of carbonyl (C=O) groups excluding carboxylic acids is 1. The first kappa shape index (κ1) is 30.2. The average molecular weight is 472 g/mol. The summed E-state index contributed by atoms with van der Waals surface area (Å²) in [4.78, 5) is 22.2. The second kappa shape index (κ2) is 21.0. The number of carboxylic acids is 1. The van der Waals surface area contributed by atoms with Crippen LogP contribution in [0.15, 0.2) is 48.6 Å². The molecule has 0 amide bonds. The van der Waals surface area contributed by atoms with Crippen molar-refractivity contribution in [2.24, 2.45) is 5.73 Å². The molecule has 6 nitrogen and oxygen atoms in total. The van der Waals surface area contributed by atoms with Gasteiger partial charge < -0.3 is 20.7 Å². The van der Waals surface area contributed by atoms with E-state index in [0.29, 0.717) is 25.7 Å². The number of carbonyl (C=O) groups is 2. The standard InChI is InChI=1S/C25H41NO5S/c1-3-4-5-6-7-8-9-10-11-12-13-14-18-23(32-20-21(26)25(29)30)22(27)17-15-16-19-24(28)31-2/h7-8,10-14,18,21-23,27H,3-6,9,15-17,19-20,26H2,1-2H3,(H,29,30)/b8-7+,11-10-,13-12+,18-14+/t21-,22-,23+/m0/s1/i20+1,21+1,25+1,26+1. The number of hydrogen-bond donors (Lipinski definition) is 3. The lowest BCUT2D eigenvalue weighted by atomic mass is 10.1. The van der Waals surface area contributed by atoms with Crippen molar-refractivity contribution < 1.29 is 24.5 Å². The predicted molar refractivity (Wildman–Crippen MR) is 134 cm³/mol. The Morgan fingerprint density at radius 2 is 1.78 bits per heavy atom. The summed E-state index contributed by atoms with van der Waals surface area (Å²) in [5.74, 6) is -1.11. The van der Waals surface area contributed by atoms with E-state index in [2.05, 4.69) is 29.9 Å². The van der Waals surface area contributed by atoms with Crippen LogP contribution >= 0.6 is 11.8 Å². The van der Waals surface area contributed by atoms with Crippen LogP contribution in [0.2, 0.25) is 0 Å². The number of ether oxygens (including phenoxy) is 1. The Morgan fingerprint density at radius 3 is 2.47 bits per heavy atom. The molecule has 0 unspecified atom stereocenters. The second-order valence-corrected chi connectivity index (χ2v) is 8.74. The lowest BCUT2D eigenvalue weighted by Crippen LogP contribution is -2.34. The van der Waals surface area contributed by atoms with Crippen LogP contribution in [0.25, 0.3) is 0 Å². The van der Waals surface area contributed by atoms with Gasteiger partial charge in [-0.3, -0.25) is 9.59 Å². The number of rotatable bonds is 19. The molecule has 182 valence electrons. The Balaban J connectivity index is 4.54. The predicted octanol–water partition coefficient (Wildman–Crippen LogP) is 4.79. The Bertz CT molecular complexity index is 615.